The molecule has 1 heterocycles. The number of ether oxygens (including phenoxy) is 2. The third-order valence-corrected chi connectivity index (χ3v) is 4.97. The van der Waals surface area contributed by atoms with Gasteiger partial charge in [0.15, 0.2) is 11.5 Å². The van der Waals surface area contributed by atoms with E-state index in [9.17, 15) is 4.79 Å². The maximum Gasteiger partial charge on any atom is 0.270 e. The van der Waals surface area contributed by atoms with Crippen molar-refractivity contribution >= 4 is 11.9 Å². The van der Waals surface area contributed by atoms with Gasteiger partial charge in [0.25, 0.3) is 5.91 Å². The minimum Gasteiger partial charge on any atom is -0.493 e. The van der Waals surface area contributed by atoms with Gasteiger partial charge in [-0.15, -0.1) is 0 Å². The van der Waals surface area contributed by atoms with Crippen molar-refractivity contribution in [3.8, 4) is 11.5 Å². The van der Waals surface area contributed by atoms with Crippen molar-refractivity contribution in [2.45, 2.75) is 44.6 Å². The van der Waals surface area contributed by atoms with Gasteiger partial charge >= 0.3 is 0 Å². The van der Waals surface area contributed by atoms with Crippen molar-refractivity contribution in [1.29, 1.82) is 0 Å². The van der Waals surface area contributed by atoms with Crippen molar-refractivity contribution in [2.24, 2.45) is 0 Å². The number of carbonyl (C=O) groups excluding carboxylic acids is 1. The van der Waals surface area contributed by atoms with Crippen LogP contribution >= 0.6 is 0 Å². The molecular weight excluding hydrogens is 356 g/mol. The highest BCUT2D eigenvalue weighted by molar-refractivity contribution is 5.92. The first-order chi connectivity index (χ1) is 13.7. The van der Waals surface area contributed by atoms with Crippen molar-refractivity contribution in [2.75, 3.05) is 26.1 Å². The molecule has 0 saturated heterocycles. The van der Waals surface area contributed by atoms with E-state index in [1.54, 1.807) is 26.5 Å². The molecule has 1 saturated carbocycles. The summed E-state index contributed by atoms with van der Waals surface area (Å²) in [4.78, 5) is 21.0. The smallest absolute Gasteiger partial charge is 0.270 e. The average molecular weight is 384 g/mol. The van der Waals surface area contributed by atoms with E-state index in [4.69, 9.17) is 9.47 Å². The van der Waals surface area contributed by atoms with Crippen LogP contribution in [0.25, 0.3) is 0 Å². The second-order valence-corrected chi connectivity index (χ2v) is 6.94. The van der Waals surface area contributed by atoms with E-state index in [2.05, 4.69) is 20.6 Å². The summed E-state index contributed by atoms with van der Waals surface area (Å²) in [5.41, 5.74) is 1.51. The minimum absolute atomic E-state index is 0.128. The van der Waals surface area contributed by atoms with E-state index < -0.39 is 0 Å². The summed E-state index contributed by atoms with van der Waals surface area (Å²) in [5.74, 6) is 1.74. The van der Waals surface area contributed by atoms with Crippen LogP contribution in [0.3, 0.4) is 0 Å². The molecule has 1 aromatic carbocycles. The zero-order valence-corrected chi connectivity index (χ0v) is 16.5. The van der Waals surface area contributed by atoms with E-state index in [1.807, 2.05) is 18.2 Å². The molecule has 1 fully saturated rings. The van der Waals surface area contributed by atoms with Gasteiger partial charge in [-0.2, -0.15) is 0 Å². The molecule has 7 nitrogen and oxygen atoms in total. The number of amides is 1. The van der Waals surface area contributed by atoms with Gasteiger partial charge in [-0.1, -0.05) is 25.3 Å². The molecule has 3 rings (SSSR count). The first-order valence-electron chi connectivity index (χ1n) is 9.78. The molecule has 0 atom stereocenters. The highest BCUT2D eigenvalue weighted by Crippen LogP contribution is 2.27. The van der Waals surface area contributed by atoms with Crippen molar-refractivity contribution in [3.63, 3.8) is 0 Å². The summed E-state index contributed by atoms with van der Waals surface area (Å²) in [7, 11) is 3.24. The maximum atomic E-state index is 12.4. The van der Waals surface area contributed by atoms with Crippen LogP contribution in [0.4, 0.5) is 5.95 Å². The predicted octanol–water partition coefficient (Wildman–Crippen LogP) is 3.21. The number of carbonyl (C=O) groups is 1. The molecule has 1 amide bonds. The van der Waals surface area contributed by atoms with Crippen molar-refractivity contribution in [3.05, 3.63) is 41.7 Å². The summed E-state index contributed by atoms with van der Waals surface area (Å²) in [6.45, 7) is 0.642. The van der Waals surface area contributed by atoms with Gasteiger partial charge in [0.1, 0.15) is 5.69 Å². The molecule has 7 heteroatoms. The second kappa shape index (κ2) is 9.92. The molecule has 1 aromatic heterocycles. The molecule has 1 aliphatic carbocycles. The Kier molecular flexibility index (Phi) is 7.06. The number of nitrogens with zero attached hydrogens (tertiary/aromatic N) is 2. The lowest BCUT2D eigenvalue weighted by atomic mass is 9.95. The Hall–Kier alpha value is -2.83. The Morgan fingerprint density at radius 3 is 2.64 bits per heavy atom. The third kappa shape index (κ3) is 5.34. The van der Waals surface area contributed by atoms with Crippen molar-refractivity contribution in [1.82, 2.24) is 15.3 Å². The Bertz CT molecular complexity index is 791. The van der Waals surface area contributed by atoms with Crippen LogP contribution in [0.1, 0.15) is 48.2 Å². The minimum atomic E-state index is -0.128. The van der Waals surface area contributed by atoms with Crippen LogP contribution in [-0.2, 0) is 6.42 Å². The fourth-order valence-corrected chi connectivity index (χ4v) is 3.43. The van der Waals surface area contributed by atoms with Gasteiger partial charge in [-0.3, -0.25) is 4.79 Å². The lowest BCUT2D eigenvalue weighted by Gasteiger charge is -2.22. The fraction of sp³-hybridized carbons (Fsp3) is 0.476. The average Bonchev–Trinajstić information content (AvgIpc) is 2.74. The number of rotatable bonds is 8. The molecule has 28 heavy (non-hydrogen) atoms. The number of anilines is 1. The molecule has 0 unspecified atom stereocenters. The number of hydrogen-bond donors (Lipinski definition) is 2. The molecule has 1 aliphatic rings. The Balaban J connectivity index is 1.53. The van der Waals surface area contributed by atoms with Gasteiger partial charge in [-0.05, 0) is 43.0 Å². The van der Waals surface area contributed by atoms with Gasteiger partial charge in [-0.25, -0.2) is 9.97 Å². The molecule has 2 aromatic rings. The Labute approximate surface area is 165 Å². The topological polar surface area (TPSA) is 85.4 Å². The third-order valence-electron chi connectivity index (χ3n) is 4.97. The molecule has 2 N–H and O–H groups in total. The predicted molar refractivity (Wildman–Crippen MR) is 108 cm³/mol. The van der Waals surface area contributed by atoms with Gasteiger partial charge in [0.2, 0.25) is 5.95 Å². The highest BCUT2D eigenvalue weighted by Gasteiger charge is 2.17. The number of methoxy groups -OCH3 is 2. The van der Waals surface area contributed by atoms with E-state index in [1.165, 1.54) is 19.3 Å². The van der Waals surface area contributed by atoms with Gasteiger partial charge < -0.3 is 20.1 Å². The Morgan fingerprint density at radius 1 is 1.11 bits per heavy atom. The van der Waals surface area contributed by atoms with Crippen LogP contribution in [0.15, 0.2) is 30.5 Å². The van der Waals surface area contributed by atoms with Crippen LogP contribution in [-0.4, -0.2) is 42.7 Å². The molecule has 0 radical (unpaired) electrons. The Morgan fingerprint density at radius 2 is 1.89 bits per heavy atom. The number of nitrogens with one attached hydrogen (secondary N) is 2. The number of hydrogen-bond acceptors (Lipinski definition) is 6. The van der Waals surface area contributed by atoms with Crippen LogP contribution in [0, 0.1) is 0 Å². The zero-order valence-electron chi connectivity index (χ0n) is 16.5. The highest BCUT2D eigenvalue weighted by atomic mass is 16.5. The maximum absolute atomic E-state index is 12.4. The van der Waals surface area contributed by atoms with Gasteiger partial charge in [0.05, 0.1) is 14.2 Å². The second-order valence-electron chi connectivity index (χ2n) is 6.94. The van der Waals surface area contributed by atoms with Gasteiger partial charge in [0, 0.05) is 18.8 Å². The zero-order chi connectivity index (χ0) is 19.8. The monoisotopic (exact) mass is 384 g/mol. The van der Waals surface area contributed by atoms with E-state index in [-0.39, 0.29) is 11.9 Å². The number of benzene rings is 1. The molecule has 0 spiro atoms. The molecular formula is C21H28N4O3. The molecule has 0 bridgehead atoms. The lowest BCUT2D eigenvalue weighted by molar-refractivity contribution is 0.0922. The van der Waals surface area contributed by atoms with E-state index in [0.29, 0.717) is 29.7 Å². The molecule has 0 aliphatic heterocycles. The van der Waals surface area contributed by atoms with Crippen molar-refractivity contribution < 1.29 is 14.3 Å². The standard InChI is InChI=1S/C21H28N4O3/c1-27-18-9-8-15(14-19(18)28-2)10-12-22-21-23-13-11-17(25-21)20(26)24-16-6-4-3-5-7-16/h8-9,11,13-14,16H,3-7,10,12H2,1-2H3,(H,24,26)(H,22,23,25). The summed E-state index contributed by atoms with van der Waals surface area (Å²) in [5, 5.41) is 6.27. The summed E-state index contributed by atoms with van der Waals surface area (Å²) in [6.07, 6.45) is 8.09. The summed E-state index contributed by atoms with van der Waals surface area (Å²) >= 11 is 0. The first-order valence-corrected chi connectivity index (χ1v) is 9.78. The van der Waals surface area contributed by atoms with Crippen LogP contribution < -0.4 is 20.1 Å². The molecule has 150 valence electrons. The lowest BCUT2D eigenvalue weighted by Crippen LogP contribution is -2.36. The summed E-state index contributed by atoms with van der Waals surface area (Å²) in [6, 6.07) is 7.75. The number of aromatic nitrogens is 2. The largest absolute Gasteiger partial charge is 0.493 e. The normalized spacial score (nSPS) is 14.4. The van der Waals surface area contributed by atoms with E-state index >= 15 is 0 Å². The SMILES string of the molecule is COc1ccc(CCNc2nccc(C(=O)NC3CCCCC3)n2)cc1OC. The van der Waals surface area contributed by atoms with Crippen LogP contribution in [0.5, 0.6) is 11.5 Å². The quantitative estimate of drug-likeness (QED) is 0.727. The van der Waals surface area contributed by atoms with E-state index in [0.717, 1.165) is 24.8 Å². The van der Waals surface area contributed by atoms with Crippen LogP contribution in [0.2, 0.25) is 0 Å². The summed E-state index contributed by atoms with van der Waals surface area (Å²) < 4.78 is 10.6. The fourth-order valence-electron chi connectivity index (χ4n) is 3.43. The first kappa shape index (κ1) is 19.9.